The van der Waals surface area contributed by atoms with Crippen LogP contribution in [0.4, 0.5) is 0 Å². The van der Waals surface area contributed by atoms with Gasteiger partial charge in [-0.2, -0.15) is 0 Å². The first-order valence-corrected chi connectivity index (χ1v) is 7.20. The summed E-state index contributed by atoms with van der Waals surface area (Å²) < 4.78 is 6.10. The third kappa shape index (κ3) is 4.96. The van der Waals surface area contributed by atoms with Crippen LogP contribution in [0.15, 0.2) is 18.2 Å². The Kier molecular flexibility index (Phi) is 5.57. The highest BCUT2D eigenvalue weighted by atomic mass is 16.5. The Morgan fingerprint density at radius 2 is 1.89 bits per heavy atom. The average molecular weight is 264 g/mol. The quantitative estimate of drug-likeness (QED) is 0.835. The first-order valence-electron chi connectivity index (χ1n) is 7.20. The van der Waals surface area contributed by atoms with Crippen molar-refractivity contribution in [2.45, 2.75) is 72.2 Å². The van der Waals surface area contributed by atoms with Crippen LogP contribution in [-0.2, 0) is 11.2 Å². The molecule has 0 amide bonds. The van der Waals surface area contributed by atoms with Crippen molar-refractivity contribution in [3.05, 3.63) is 34.9 Å². The molecule has 2 heteroatoms. The Bertz CT molecular complexity index is 408. The van der Waals surface area contributed by atoms with Gasteiger partial charge in [-0.3, -0.25) is 0 Å². The maximum Gasteiger partial charge on any atom is 0.0804 e. The molecule has 0 saturated heterocycles. The molecule has 0 aliphatic rings. The first-order chi connectivity index (χ1) is 8.75. The number of aliphatic hydroxyl groups excluding tert-OH is 1. The predicted octanol–water partition coefficient (Wildman–Crippen LogP) is 4.18. The van der Waals surface area contributed by atoms with Gasteiger partial charge in [0.15, 0.2) is 0 Å². The Hall–Kier alpha value is -0.860. The summed E-state index contributed by atoms with van der Waals surface area (Å²) in [7, 11) is 0. The van der Waals surface area contributed by atoms with Crippen LogP contribution in [0.1, 0.15) is 63.8 Å². The average Bonchev–Trinajstić information content (AvgIpc) is 2.26. The lowest BCUT2D eigenvalue weighted by Gasteiger charge is -2.30. The van der Waals surface area contributed by atoms with Crippen LogP contribution in [0.3, 0.4) is 0 Å². The zero-order chi connectivity index (χ0) is 14.6. The SMILES string of the molecule is CCc1ccc(C(C)OC(C)(C)CC(C)O)cc1C. The van der Waals surface area contributed by atoms with Crippen molar-refractivity contribution < 1.29 is 9.84 Å². The van der Waals surface area contributed by atoms with E-state index in [9.17, 15) is 5.11 Å². The summed E-state index contributed by atoms with van der Waals surface area (Å²) in [6.45, 7) is 12.3. The van der Waals surface area contributed by atoms with Crippen molar-refractivity contribution in [3.63, 3.8) is 0 Å². The summed E-state index contributed by atoms with van der Waals surface area (Å²) in [5, 5.41) is 9.50. The van der Waals surface area contributed by atoms with E-state index in [2.05, 4.69) is 39.0 Å². The Labute approximate surface area is 117 Å². The largest absolute Gasteiger partial charge is 0.393 e. The van der Waals surface area contributed by atoms with Crippen molar-refractivity contribution in [1.29, 1.82) is 0 Å². The van der Waals surface area contributed by atoms with E-state index in [0.717, 1.165) is 6.42 Å². The van der Waals surface area contributed by atoms with E-state index in [-0.39, 0.29) is 17.8 Å². The van der Waals surface area contributed by atoms with Crippen LogP contribution < -0.4 is 0 Å². The van der Waals surface area contributed by atoms with Crippen molar-refractivity contribution in [3.8, 4) is 0 Å². The van der Waals surface area contributed by atoms with Gasteiger partial charge in [0.05, 0.1) is 17.8 Å². The molecule has 19 heavy (non-hydrogen) atoms. The van der Waals surface area contributed by atoms with Gasteiger partial charge in [0.1, 0.15) is 0 Å². The van der Waals surface area contributed by atoms with Crippen LogP contribution in [0.2, 0.25) is 0 Å². The number of hydrogen-bond donors (Lipinski definition) is 1. The molecule has 1 rings (SSSR count). The fourth-order valence-corrected chi connectivity index (χ4v) is 2.67. The zero-order valence-electron chi connectivity index (χ0n) is 13.2. The summed E-state index contributed by atoms with van der Waals surface area (Å²) >= 11 is 0. The Morgan fingerprint density at radius 1 is 1.26 bits per heavy atom. The van der Waals surface area contributed by atoms with Gasteiger partial charge in [0.2, 0.25) is 0 Å². The monoisotopic (exact) mass is 264 g/mol. The molecular weight excluding hydrogens is 236 g/mol. The topological polar surface area (TPSA) is 29.5 Å². The summed E-state index contributed by atoms with van der Waals surface area (Å²) in [4.78, 5) is 0. The lowest BCUT2D eigenvalue weighted by Crippen LogP contribution is -2.30. The first kappa shape index (κ1) is 16.2. The summed E-state index contributed by atoms with van der Waals surface area (Å²) in [5.41, 5.74) is 3.60. The maximum absolute atomic E-state index is 9.50. The molecule has 1 aromatic carbocycles. The van der Waals surface area contributed by atoms with E-state index in [4.69, 9.17) is 4.74 Å². The smallest absolute Gasteiger partial charge is 0.0804 e. The van der Waals surface area contributed by atoms with E-state index >= 15 is 0 Å². The molecule has 0 heterocycles. The molecule has 2 atom stereocenters. The highest BCUT2D eigenvalue weighted by molar-refractivity contribution is 5.32. The van der Waals surface area contributed by atoms with Gasteiger partial charge in [-0.15, -0.1) is 0 Å². The van der Waals surface area contributed by atoms with Crippen molar-refractivity contribution >= 4 is 0 Å². The van der Waals surface area contributed by atoms with Crippen molar-refractivity contribution in [2.75, 3.05) is 0 Å². The lowest BCUT2D eigenvalue weighted by atomic mass is 9.98. The molecule has 0 bridgehead atoms. The van der Waals surface area contributed by atoms with Crippen molar-refractivity contribution in [1.82, 2.24) is 0 Å². The molecule has 2 nitrogen and oxygen atoms in total. The van der Waals surface area contributed by atoms with Gasteiger partial charge in [-0.1, -0.05) is 25.1 Å². The van der Waals surface area contributed by atoms with Crippen LogP contribution in [0.5, 0.6) is 0 Å². The molecule has 0 aliphatic heterocycles. The molecule has 108 valence electrons. The highest BCUT2D eigenvalue weighted by Gasteiger charge is 2.24. The van der Waals surface area contributed by atoms with Gasteiger partial charge in [-0.25, -0.2) is 0 Å². The van der Waals surface area contributed by atoms with Crippen molar-refractivity contribution in [2.24, 2.45) is 0 Å². The molecule has 0 fully saturated rings. The molecule has 2 unspecified atom stereocenters. The van der Waals surface area contributed by atoms with Gasteiger partial charge in [0.25, 0.3) is 0 Å². The summed E-state index contributed by atoms with van der Waals surface area (Å²) in [6, 6.07) is 6.54. The van der Waals surface area contributed by atoms with E-state index in [1.165, 1.54) is 16.7 Å². The molecule has 1 N–H and O–H groups in total. The third-order valence-corrected chi connectivity index (χ3v) is 3.50. The fourth-order valence-electron chi connectivity index (χ4n) is 2.67. The number of rotatable bonds is 6. The van der Waals surface area contributed by atoms with E-state index in [1.54, 1.807) is 6.92 Å². The minimum Gasteiger partial charge on any atom is -0.393 e. The maximum atomic E-state index is 9.50. The van der Waals surface area contributed by atoms with Gasteiger partial charge in [0, 0.05) is 6.42 Å². The van der Waals surface area contributed by atoms with Crippen LogP contribution in [0, 0.1) is 6.92 Å². The fraction of sp³-hybridized carbons (Fsp3) is 0.647. The molecule has 0 spiro atoms. The standard InChI is InChI=1S/C17H28O2/c1-7-15-8-9-16(10-12(15)2)14(4)19-17(5,6)11-13(3)18/h8-10,13-14,18H,7,11H2,1-6H3. The van der Waals surface area contributed by atoms with Crippen LogP contribution in [0.25, 0.3) is 0 Å². The molecule has 1 aromatic rings. The molecular formula is C17H28O2. The molecule has 0 aromatic heterocycles. The molecule has 0 saturated carbocycles. The van der Waals surface area contributed by atoms with Crippen LogP contribution in [-0.4, -0.2) is 16.8 Å². The van der Waals surface area contributed by atoms with E-state index in [0.29, 0.717) is 6.42 Å². The second-order valence-electron chi connectivity index (χ2n) is 6.11. The summed E-state index contributed by atoms with van der Waals surface area (Å²) in [6.07, 6.45) is 1.41. The van der Waals surface area contributed by atoms with Gasteiger partial charge >= 0.3 is 0 Å². The second kappa shape index (κ2) is 6.53. The summed E-state index contributed by atoms with van der Waals surface area (Å²) in [5.74, 6) is 0. The number of aryl methyl sites for hydroxylation is 2. The van der Waals surface area contributed by atoms with Gasteiger partial charge < -0.3 is 9.84 Å². The molecule has 0 aliphatic carbocycles. The minimum atomic E-state index is -0.341. The van der Waals surface area contributed by atoms with E-state index in [1.807, 2.05) is 13.8 Å². The van der Waals surface area contributed by atoms with Crippen LogP contribution >= 0.6 is 0 Å². The third-order valence-electron chi connectivity index (χ3n) is 3.50. The minimum absolute atomic E-state index is 0.0401. The zero-order valence-corrected chi connectivity index (χ0v) is 13.2. The number of ether oxygens (including phenoxy) is 1. The Balaban J connectivity index is 2.78. The molecule has 0 radical (unpaired) electrons. The Morgan fingerprint density at radius 3 is 2.37 bits per heavy atom. The predicted molar refractivity (Wildman–Crippen MR) is 80.4 cm³/mol. The highest BCUT2D eigenvalue weighted by Crippen LogP contribution is 2.28. The van der Waals surface area contributed by atoms with E-state index < -0.39 is 0 Å². The number of aliphatic hydroxyl groups is 1. The number of hydrogen-bond acceptors (Lipinski definition) is 2. The normalized spacial score (nSPS) is 15.3. The van der Waals surface area contributed by atoms with Gasteiger partial charge in [-0.05, 0) is 57.7 Å². The second-order valence-corrected chi connectivity index (χ2v) is 6.11. The number of benzene rings is 1. The lowest BCUT2D eigenvalue weighted by molar-refractivity contribution is -0.0862.